The van der Waals surface area contributed by atoms with Crippen molar-refractivity contribution in [2.75, 3.05) is 13.1 Å². The van der Waals surface area contributed by atoms with Crippen LogP contribution in [0.15, 0.2) is 54.6 Å². The highest BCUT2D eigenvalue weighted by atomic mass is 16.2. The van der Waals surface area contributed by atoms with E-state index in [1.165, 1.54) is 11.1 Å². The molecule has 0 aliphatic carbocycles. The van der Waals surface area contributed by atoms with Crippen LogP contribution in [0.3, 0.4) is 0 Å². The zero-order valence-corrected chi connectivity index (χ0v) is 12.7. The van der Waals surface area contributed by atoms with Crippen LogP contribution in [0.1, 0.15) is 16.7 Å². The van der Waals surface area contributed by atoms with Crippen molar-refractivity contribution in [1.82, 2.24) is 4.90 Å². The molecule has 1 aliphatic heterocycles. The van der Waals surface area contributed by atoms with E-state index in [-0.39, 0.29) is 5.91 Å². The van der Waals surface area contributed by atoms with Crippen molar-refractivity contribution < 1.29 is 4.79 Å². The minimum absolute atomic E-state index is 0.0664. The number of carbonyl (C=O) groups is 1. The van der Waals surface area contributed by atoms with Crippen LogP contribution in [0.2, 0.25) is 0 Å². The number of hydrogen-bond donors (Lipinski definition) is 1. The molecule has 0 saturated carbocycles. The standard InChI is InChI=1S/C19H22N2O/c20-18(14-15-6-2-1-3-7-15)19(22)21-12-10-16-8-4-5-9-17(16)11-13-21/h1-9,18H,10-14,20H2/t18-/m1/s1. The maximum atomic E-state index is 12.6. The average Bonchev–Trinajstić information content (AvgIpc) is 2.78. The molecule has 1 atom stereocenters. The molecule has 22 heavy (non-hydrogen) atoms. The molecular weight excluding hydrogens is 272 g/mol. The Morgan fingerprint density at radius 3 is 2.09 bits per heavy atom. The molecule has 1 heterocycles. The van der Waals surface area contributed by atoms with Crippen LogP contribution in [0.25, 0.3) is 0 Å². The third-order valence-electron chi connectivity index (χ3n) is 4.35. The SMILES string of the molecule is N[C@H](Cc1ccccc1)C(=O)N1CCc2ccccc2CC1. The lowest BCUT2D eigenvalue weighted by Crippen LogP contribution is -2.45. The Labute approximate surface area is 131 Å². The first kappa shape index (κ1) is 14.8. The summed E-state index contributed by atoms with van der Waals surface area (Å²) in [6.07, 6.45) is 2.43. The lowest BCUT2D eigenvalue weighted by atomic mass is 10.0. The van der Waals surface area contributed by atoms with E-state index in [2.05, 4.69) is 24.3 Å². The summed E-state index contributed by atoms with van der Waals surface area (Å²) in [6.45, 7) is 1.52. The normalized spacial score (nSPS) is 15.8. The molecule has 2 N–H and O–H groups in total. The molecule has 0 unspecified atom stereocenters. The van der Waals surface area contributed by atoms with E-state index < -0.39 is 6.04 Å². The van der Waals surface area contributed by atoms with Crippen LogP contribution in [0.5, 0.6) is 0 Å². The monoisotopic (exact) mass is 294 g/mol. The smallest absolute Gasteiger partial charge is 0.239 e. The molecule has 1 aliphatic rings. The van der Waals surface area contributed by atoms with E-state index in [1.54, 1.807) is 0 Å². The second-order valence-corrected chi connectivity index (χ2v) is 5.89. The summed E-state index contributed by atoms with van der Waals surface area (Å²) >= 11 is 0. The van der Waals surface area contributed by atoms with E-state index in [4.69, 9.17) is 5.73 Å². The summed E-state index contributed by atoms with van der Waals surface area (Å²) in [4.78, 5) is 14.5. The zero-order chi connectivity index (χ0) is 15.4. The van der Waals surface area contributed by atoms with Crippen molar-refractivity contribution in [2.24, 2.45) is 5.73 Å². The van der Waals surface area contributed by atoms with Crippen LogP contribution in [0, 0.1) is 0 Å². The maximum Gasteiger partial charge on any atom is 0.239 e. The topological polar surface area (TPSA) is 46.3 Å². The fraction of sp³-hybridized carbons (Fsp3) is 0.316. The van der Waals surface area contributed by atoms with Gasteiger partial charge in [0.15, 0.2) is 0 Å². The molecule has 0 spiro atoms. The van der Waals surface area contributed by atoms with E-state index in [9.17, 15) is 4.79 Å². The van der Waals surface area contributed by atoms with Crippen LogP contribution in [-0.2, 0) is 24.1 Å². The first-order valence-corrected chi connectivity index (χ1v) is 7.89. The highest BCUT2D eigenvalue weighted by Crippen LogP contribution is 2.16. The minimum Gasteiger partial charge on any atom is -0.341 e. The van der Waals surface area contributed by atoms with Crippen molar-refractivity contribution in [3.63, 3.8) is 0 Å². The third-order valence-corrected chi connectivity index (χ3v) is 4.35. The van der Waals surface area contributed by atoms with Gasteiger partial charge in [-0.1, -0.05) is 54.6 Å². The largest absolute Gasteiger partial charge is 0.341 e. The summed E-state index contributed by atoms with van der Waals surface area (Å²) in [5.74, 6) is 0.0664. The van der Waals surface area contributed by atoms with Gasteiger partial charge in [0.1, 0.15) is 0 Å². The molecule has 1 amide bonds. The number of nitrogens with two attached hydrogens (primary N) is 1. The first-order valence-electron chi connectivity index (χ1n) is 7.89. The molecule has 0 radical (unpaired) electrons. The van der Waals surface area contributed by atoms with E-state index in [0.717, 1.165) is 31.5 Å². The maximum absolute atomic E-state index is 12.6. The number of hydrogen-bond acceptors (Lipinski definition) is 2. The number of fused-ring (bicyclic) bond motifs is 1. The lowest BCUT2D eigenvalue weighted by Gasteiger charge is -2.24. The molecule has 114 valence electrons. The number of amides is 1. The van der Waals surface area contributed by atoms with Gasteiger partial charge in [0.2, 0.25) is 5.91 Å². The Morgan fingerprint density at radius 2 is 1.50 bits per heavy atom. The van der Waals surface area contributed by atoms with Crippen molar-refractivity contribution in [2.45, 2.75) is 25.3 Å². The summed E-state index contributed by atoms with van der Waals surface area (Å²) in [6, 6.07) is 18.0. The fourth-order valence-electron chi connectivity index (χ4n) is 3.08. The molecule has 3 nitrogen and oxygen atoms in total. The number of nitrogens with zero attached hydrogens (tertiary/aromatic N) is 1. The molecule has 0 bridgehead atoms. The van der Waals surface area contributed by atoms with Gasteiger partial charge in [-0.3, -0.25) is 4.79 Å². The predicted molar refractivity (Wildman–Crippen MR) is 88.6 cm³/mol. The Hall–Kier alpha value is -2.13. The van der Waals surface area contributed by atoms with Gasteiger partial charge >= 0.3 is 0 Å². The molecule has 3 heteroatoms. The second-order valence-electron chi connectivity index (χ2n) is 5.89. The first-order chi connectivity index (χ1) is 10.7. The molecule has 2 aromatic carbocycles. The van der Waals surface area contributed by atoms with Gasteiger partial charge in [-0.2, -0.15) is 0 Å². The van der Waals surface area contributed by atoms with Gasteiger partial charge in [-0.25, -0.2) is 0 Å². The van der Waals surface area contributed by atoms with Crippen LogP contribution in [-0.4, -0.2) is 29.9 Å². The summed E-state index contributed by atoms with van der Waals surface area (Å²) in [5, 5.41) is 0. The molecule has 2 aromatic rings. The Bertz CT molecular complexity index is 612. The second kappa shape index (κ2) is 6.75. The molecule has 0 fully saturated rings. The number of carbonyl (C=O) groups excluding carboxylic acids is 1. The van der Waals surface area contributed by atoms with E-state index in [0.29, 0.717) is 6.42 Å². The van der Waals surface area contributed by atoms with Crippen LogP contribution < -0.4 is 5.73 Å². The minimum atomic E-state index is -0.455. The number of rotatable bonds is 3. The van der Waals surface area contributed by atoms with Gasteiger partial charge < -0.3 is 10.6 Å². The van der Waals surface area contributed by atoms with Crippen molar-refractivity contribution in [3.05, 3.63) is 71.3 Å². The summed E-state index contributed by atoms with van der Waals surface area (Å²) in [7, 11) is 0. The zero-order valence-electron chi connectivity index (χ0n) is 12.7. The summed E-state index contributed by atoms with van der Waals surface area (Å²) in [5.41, 5.74) is 9.97. The highest BCUT2D eigenvalue weighted by molar-refractivity contribution is 5.82. The van der Waals surface area contributed by atoms with Crippen molar-refractivity contribution >= 4 is 5.91 Å². The quantitative estimate of drug-likeness (QED) is 0.943. The molecule has 0 saturated heterocycles. The van der Waals surface area contributed by atoms with Crippen molar-refractivity contribution in [3.8, 4) is 0 Å². The van der Waals surface area contributed by atoms with Gasteiger partial charge in [0.05, 0.1) is 6.04 Å². The van der Waals surface area contributed by atoms with Gasteiger partial charge in [-0.05, 0) is 36.0 Å². The Morgan fingerprint density at radius 1 is 0.955 bits per heavy atom. The molecular formula is C19H22N2O. The third kappa shape index (κ3) is 3.37. The van der Waals surface area contributed by atoms with E-state index >= 15 is 0 Å². The summed E-state index contributed by atoms with van der Waals surface area (Å²) < 4.78 is 0. The highest BCUT2D eigenvalue weighted by Gasteiger charge is 2.23. The van der Waals surface area contributed by atoms with Crippen LogP contribution in [0.4, 0.5) is 0 Å². The van der Waals surface area contributed by atoms with Gasteiger partial charge in [0.25, 0.3) is 0 Å². The predicted octanol–water partition coefficient (Wildman–Crippen LogP) is 2.18. The fourth-order valence-corrected chi connectivity index (χ4v) is 3.08. The molecule has 3 rings (SSSR count). The average molecular weight is 294 g/mol. The Kier molecular flexibility index (Phi) is 4.54. The van der Waals surface area contributed by atoms with Crippen LogP contribution >= 0.6 is 0 Å². The van der Waals surface area contributed by atoms with E-state index in [1.807, 2.05) is 35.2 Å². The lowest BCUT2D eigenvalue weighted by molar-refractivity contribution is -0.132. The van der Waals surface area contributed by atoms with Gasteiger partial charge in [-0.15, -0.1) is 0 Å². The van der Waals surface area contributed by atoms with Gasteiger partial charge in [0, 0.05) is 13.1 Å². The molecule has 0 aromatic heterocycles. The number of benzene rings is 2. The Balaban J connectivity index is 1.63. The van der Waals surface area contributed by atoms with Crippen molar-refractivity contribution in [1.29, 1.82) is 0 Å².